The third kappa shape index (κ3) is 3.04. The van der Waals surface area contributed by atoms with E-state index < -0.39 is 22.3 Å². The largest absolute Gasteiger partial charge is 0.338 e. The summed E-state index contributed by atoms with van der Waals surface area (Å²) in [5, 5.41) is 11.3. The Morgan fingerprint density at radius 1 is 1.61 bits per heavy atom. The quantitative estimate of drug-likeness (QED) is 0.487. The Bertz CT molecular complexity index is 481. The zero-order valence-corrected chi connectivity index (χ0v) is 11.5. The van der Waals surface area contributed by atoms with Crippen LogP contribution in [0.3, 0.4) is 0 Å². The molecule has 1 amide bonds. The van der Waals surface area contributed by atoms with Crippen LogP contribution >= 0.6 is 15.9 Å². The van der Waals surface area contributed by atoms with Gasteiger partial charge in [0.1, 0.15) is 11.4 Å². The van der Waals surface area contributed by atoms with Crippen LogP contribution in [0.1, 0.15) is 17.3 Å². The number of alkyl halides is 1. The highest BCUT2D eigenvalue weighted by Gasteiger charge is 2.25. The fourth-order valence-electron chi connectivity index (χ4n) is 1.33. The van der Waals surface area contributed by atoms with Crippen LogP contribution in [0, 0.1) is 15.9 Å². The first kappa shape index (κ1) is 14.6. The van der Waals surface area contributed by atoms with Crippen molar-refractivity contribution >= 4 is 27.5 Å². The molecular formula is C11H12BrFN2O3. The van der Waals surface area contributed by atoms with Crippen molar-refractivity contribution in [3.8, 4) is 0 Å². The van der Waals surface area contributed by atoms with Crippen LogP contribution in [0.15, 0.2) is 18.2 Å². The number of amides is 1. The lowest BCUT2D eigenvalue weighted by atomic mass is 10.1. The van der Waals surface area contributed by atoms with Crippen LogP contribution in [-0.4, -0.2) is 34.2 Å². The second-order valence-electron chi connectivity index (χ2n) is 3.84. The molecule has 7 heteroatoms. The van der Waals surface area contributed by atoms with E-state index in [9.17, 15) is 19.3 Å². The third-order valence-electron chi connectivity index (χ3n) is 2.59. The van der Waals surface area contributed by atoms with Crippen molar-refractivity contribution < 1.29 is 14.1 Å². The molecule has 0 aliphatic heterocycles. The van der Waals surface area contributed by atoms with Gasteiger partial charge in [0.05, 0.1) is 4.92 Å². The van der Waals surface area contributed by atoms with E-state index in [4.69, 9.17) is 0 Å². The van der Waals surface area contributed by atoms with E-state index in [-0.39, 0.29) is 11.6 Å². The number of carbonyl (C=O) groups excluding carboxylic acids is 1. The number of nitrogens with zero attached hydrogens (tertiary/aromatic N) is 2. The Morgan fingerprint density at radius 2 is 2.22 bits per heavy atom. The lowest BCUT2D eigenvalue weighted by Gasteiger charge is -2.23. The fourth-order valence-corrected chi connectivity index (χ4v) is 1.77. The van der Waals surface area contributed by atoms with Crippen LogP contribution < -0.4 is 0 Å². The second kappa shape index (κ2) is 5.90. The Kier molecular flexibility index (Phi) is 4.77. The summed E-state index contributed by atoms with van der Waals surface area (Å²) in [5.41, 5.74) is -0.634. The van der Waals surface area contributed by atoms with Crippen molar-refractivity contribution in [1.82, 2.24) is 4.90 Å². The summed E-state index contributed by atoms with van der Waals surface area (Å²) >= 11 is 3.22. The Labute approximate surface area is 112 Å². The normalized spacial score (nSPS) is 12.0. The van der Waals surface area contributed by atoms with E-state index in [1.165, 1.54) is 11.9 Å². The van der Waals surface area contributed by atoms with Gasteiger partial charge in [-0.15, -0.1) is 0 Å². The molecule has 0 N–H and O–H groups in total. The van der Waals surface area contributed by atoms with Gasteiger partial charge in [-0.1, -0.05) is 15.9 Å². The number of nitro groups is 1. The molecule has 0 aromatic heterocycles. The van der Waals surface area contributed by atoms with Gasteiger partial charge in [0.2, 0.25) is 0 Å². The lowest BCUT2D eigenvalue weighted by molar-refractivity contribution is -0.385. The molecule has 0 saturated heterocycles. The zero-order chi connectivity index (χ0) is 13.9. The summed E-state index contributed by atoms with van der Waals surface area (Å²) in [7, 11) is 1.52. The monoisotopic (exact) mass is 318 g/mol. The minimum Gasteiger partial charge on any atom is -0.338 e. The Hall–Kier alpha value is -1.50. The molecule has 0 spiro atoms. The van der Waals surface area contributed by atoms with Gasteiger partial charge in [-0.05, 0) is 19.1 Å². The first-order valence-corrected chi connectivity index (χ1v) is 6.27. The molecule has 1 rings (SSSR count). The first-order chi connectivity index (χ1) is 8.38. The molecular weight excluding hydrogens is 307 g/mol. The summed E-state index contributed by atoms with van der Waals surface area (Å²) in [4.78, 5) is 23.5. The number of carbonyl (C=O) groups is 1. The van der Waals surface area contributed by atoms with E-state index in [0.29, 0.717) is 5.33 Å². The number of rotatable bonds is 4. The molecule has 0 fully saturated rings. The molecule has 0 heterocycles. The van der Waals surface area contributed by atoms with Crippen LogP contribution in [0.5, 0.6) is 0 Å². The van der Waals surface area contributed by atoms with E-state index in [0.717, 1.165) is 18.2 Å². The topological polar surface area (TPSA) is 63.5 Å². The van der Waals surface area contributed by atoms with Gasteiger partial charge in [0, 0.05) is 24.5 Å². The fraction of sp³-hybridized carbons (Fsp3) is 0.364. The molecule has 98 valence electrons. The summed E-state index contributed by atoms with van der Waals surface area (Å²) in [6.07, 6.45) is 0. The van der Waals surface area contributed by atoms with Gasteiger partial charge in [-0.25, -0.2) is 4.39 Å². The maximum absolute atomic E-state index is 13.1. The predicted molar refractivity (Wildman–Crippen MR) is 68.4 cm³/mol. The highest BCUT2D eigenvalue weighted by Crippen LogP contribution is 2.21. The predicted octanol–water partition coefficient (Wildman–Crippen LogP) is 2.59. The molecule has 0 aliphatic rings. The molecule has 18 heavy (non-hydrogen) atoms. The molecule has 1 aromatic carbocycles. The number of halogens is 2. The van der Waals surface area contributed by atoms with Gasteiger partial charge in [-0.3, -0.25) is 14.9 Å². The van der Waals surface area contributed by atoms with Crippen molar-refractivity contribution in [2.75, 3.05) is 12.4 Å². The molecule has 0 saturated carbocycles. The number of benzene rings is 1. The number of nitro benzene ring substituents is 1. The van der Waals surface area contributed by atoms with E-state index >= 15 is 0 Å². The van der Waals surface area contributed by atoms with Crippen molar-refractivity contribution in [2.24, 2.45) is 0 Å². The van der Waals surface area contributed by atoms with E-state index in [1.54, 1.807) is 6.92 Å². The Balaban J connectivity index is 3.19. The van der Waals surface area contributed by atoms with Crippen LogP contribution in [0.4, 0.5) is 10.1 Å². The summed E-state index contributed by atoms with van der Waals surface area (Å²) in [6.45, 7) is 1.78. The van der Waals surface area contributed by atoms with Gasteiger partial charge in [0.25, 0.3) is 11.6 Å². The summed E-state index contributed by atoms with van der Waals surface area (Å²) in [6, 6.07) is 2.69. The van der Waals surface area contributed by atoms with Crippen LogP contribution in [-0.2, 0) is 0 Å². The van der Waals surface area contributed by atoms with Gasteiger partial charge in [-0.2, -0.15) is 0 Å². The lowest BCUT2D eigenvalue weighted by Crippen LogP contribution is -2.36. The standard InChI is InChI=1S/C11H12BrFN2O3/c1-7(6-12)14(2)11(16)9-5-8(13)3-4-10(9)15(17)18/h3-5,7H,6H2,1-2H3. The van der Waals surface area contributed by atoms with E-state index in [2.05, 4.69) is 15.9 Å². The SMILES string of the molecule is CC(CBr)N(C)C(=O)c1cc(F)ccc1[N+](=O)[O-]. The molecule has 5 nitrogen and oxygen atoms in total. The molecule has 0 radical (unpaired) electrons. The van der Waals surface area contributed by atoms with Crippen molar-refractivity contribution in [1.29, 1.82) is 0 Å². The highest BCUT2D eigenvalue weighted by molar-refractivity contribution is 9.09. The third-order valence-corrected chi connectivity index (χ3v) is 3.53. The average molecular weight is 319 g/mol. The first-order valence-electron chi connectivity index (χ1n) is 5.15. The second-order valence-corrected chi connectivity index (χ2v) is 4.49. The molecule has 1 unspecified atom stereocenters. The maximum Gasteiger partial charge on any atom is 0.282 e. The number of hydrogen-bond acceptors (Lipinski definition) is 3. The smallest absolute Gasteiger partial charge is 0.282 e. The van der Waals surface area contributed by atoms with Gasteiger partial charge >= 0.3 is 0 Å². The number of hydrogen-bond donors (Lipinski definition) is 0. The van der Waals surface area contributed by atoms with Gasteiger partial charge in [0.15, 0.2) is 0 Å². The highest BCUT2D eigenvalue weighted by atomic mass is 79.9. The summed E-state index contributed by atoms with van der Waals surface area (Å²) < 4.78 is 13.1. The minimum atomic E-state index is -0.695. The average Bonchev–Trinajstić information content (AvgIpc) is 2.35. The van der Waals surface area contributed by atoms with Crippen LogP contribution in [0.2, 0.25) is 0 Å². The van der Waals surface area contributed by atoms with Crippen molar-refractivity contribution in [3.63, 3.8) is 0 Å². The van der Waals surface area contributed by atoms with E-state index in [1.807, 2.05) is 0 Å². The summed E-state index contributed by atoms with van der Waals surface area (Å²) in [5.74, 6) is -1.25. The maximum atomic E-state index is 13.1. The molecule has 1 atom stereocenters. The molecule has 0 bridgehead atoms. The molecule has 0 aliphatic carbocycles. The van der Waals surface area contributed by atoms with Crippen molar-refractivity contribution in [2.45, 2.75) is 13.0 Å². The van der Waals surface area contributed by atoms with Crippen LogP contribution in [0.25, 0.3) is 0 Å². The molecule has 1 aromatic rings. The van der Waals surface area contributed by atoms with Crippen molar-refractivity contribution in [3.05, 3.63) is 39.7 Å². The van der Waals surface area contributed by atoms with Gasteiger partial charge < -0.3 is 4.90 Å². The zero-order valence-electron chi connectivity index (χ0n) is 9.89. The Morgan fingerprint density at radius 3 is 2.72 bits per heavy atom. The minimum absolute atomic E-state index is 0.152.